The largest absolute Gasteiger partial charge is 0.393 e. The van der Waals surface area contributed by atoms with E-state index in [4.69, 9.17) is 0 Å². The van der Waals surface area contributed by atoms with E-state index in [1.165, 1.54) is 6.92 Å². The predicted molar refractivity (Wildman–Crippen MR) is 80.8 cm³/mol. The summed E-state index contributed by atoms with van der Waals surface area (Å²) in [6.07, 6.45) is 4.82. The van der Waals surface area contributed by atoms with Crippen molar-refractivity contribution >= 4 is 33.3 Å². The first kappa shape index (κ1) is 15.2. The Hall–Kier alpha value is -1.21. The number of nitrogens with one attached hydrogen (secondary N) is 2. The zero-order valence-corrected chi connectivity index (χ0v) is 13.0. The van der Waals surface area contributed by atoms with Gasteiger partial charge in [0, 0.05) is 6.04 Å². The Labute approximate surface area is 126 Å². The maximum atomic E-state index is 11.1. The Morgan fingerprint density at radius 2 is 2.10 bits per heavy atom. The van der Waals surface area contributed by atoms with Crippen LogP contribution in [0.1, 0.15) is 32.6 Å². The van der Waals surface area contributed by atoms with E-state index in [1.54, 1.807) is 6.20 Å². The van der Waals surface area contributed by atoms with Crippen molar-refractivity contribution in [1.82, 2.24) is 9.97 Å². The smallest absolute Gasteiger partial charge is 0.170 e. The third-order valence-corrected chi connectivity index (χ3v) is 3.67. The molecule has 20 heavy (non-hydrogen) atoms. The van der Waals surface area contributed by atoms with Crippen molar-refractivity contribution in [3.8, 4) is 0 Å². The number of halogens is 1. The van der Waals surface area contributed by atoms with Gasteiger partial charge < -0.3 is 15.7 Å². The number of ketones is 1. The molecular formula is C13H19BrN4O2. The summed E-state index contributed by atoms with van der Waals surface area (Å²) >= 11 is 3.30. The quantitative estimate of drug-likeness (QED) is 0.707. The molecule has 6 nitrogen and oxygen atoms in total. The van der Waals surface area contributed by atoms with Gasteiger partial charge in [0.1, 0.15) is 10.4 Å². The molecule has 1 fully saturated rings. The molecule has 1 aliphatic carbocycles. The van der Waals surface area contributed by atoms with Crippen LogP contribution in [0.4, 0.5) is 11.6 Å². The Morgan fingerprint density at radius 3 is 2.75 bits per heavy atom. The number of hydrogen-bond acceptors (Lipinski definition) is 6. The number of rotatable bonds is 5. The lowest BCUT2D eigenvalue weighted by Crippen LogP contribution is -2.29. The molecule has 1 heterocycles. The first-order valence-electron chi connectivity index (χ1n) is 6.75. The lowest BCUT2D eigenvalue weighted by molar-refractivity contribution is -0.115. The highest BCUT2D eigenvalue weighted by molar-refractivity contribution is 9.10. The number of carbonyl (C=O) groups excluding carboxylic acids is 1. The second-order valence-corrected chi connectivity index (χ2v) is 5.91. The summed E-state index contributed by atoms with van der Waals surface area (Å²) in [6, 6.07) is 0.278. The van der Waals surface area contributed by atoms with Gasteiger partial charge in [0.2, 0.25) is 0 Å². The first-order valence-corrected chi connectivity index (χ1v) is 7.54. The van der Waals surface area contributed by atoms with E-state index >= 15 is 0 Å². The van der Waals surface area contributed by atoms with Gasteiger partial charge in [-0.05, 0) is 48.5 Å². The van der Waals surface area contributed by atoms with Crippen molar-refractivity contribution < 1.29 is 9.90 Å². The Morgan fingerprint density at radius 1 is 1.40 bits per heavy atom. The topological polar surface area (TPSA) is 87.1 Å². The molecule has 0 unspecified atom stereocenters. The molecule has 0 bridgehead atoms. The summed E-state index contributed by atoms with van der Waals surface area (Å²) in [7, 11) is 0. The van der Waals surface area contributed by atoms with Crippen LogP contribution < -0.4 is 10.6 Å². The van der Waals surface area contributed by atoms with Crippen molar-refractivity contribution in [1.29, 1.82) is 0 Å². The monoisotopic (exact) mass is 344 g/mol. The van der Waals surface area contributed by atoms with Crippen molar-refractivity contribution in [2.45, 2.75) is 44.8 Å². The number of aliphatic hydroxyl groups is 1. The number of aromatic nitrogens is 2. The molecule has 0 spiro atoms. The van der Waals surface area contributed by atoms with Crippen LogP contribution in [0.25, 0.3) is 0 Å². The van der Waals surface area contributed by atoms with Gasteiger partial charge in [0.15, 0.2) is 11.6 Å². The van der Waals surface area contributed by atoms with Crippen LogP contribution in [-0.4, -0.2) is 39.5 Å². The van der Waals surface area contributed by atoms with Gasteiger partial charge in [-0.3, -0.25) is 4.79 Å². The third kappa shape index (κ3) is 4.42. The Bertz CT molecular complexity index is 475. The molecule has 1 aromatic heterocycles. The molecule has 0 aliphatic heterocycles. The lowest BCUT2D eigenvalue weighted by Gasteiger charge is -2.27. The van der Waals surface area contributed by atoms with Gasteiger partial charge in [0.25, 0.3) is 0 Å². The van der Waals surface area contributed by atoms with Gasteiger partial charge in [-0.25, -0.2) is 9.97 Å². The molecule has 1 aromatic rings. The summed E-state index contributed by atoms with van der Waals surface area (Å²) < 4.78 is 0.643. The van der Waals surface area contributed by atoms with Gasteiger partial charge in [-0.1, -0.05) is 0 Å². The average Bonchev–Trinajstić information content (AvgIpc) is 2.40. The van der Waals surface area contributed by atoms with Crippen molar-refractivity contribution in [2.24, 2.45) is 0 Å². The zero-order valence-electron chi connectivity index (χ0n) is 11.4. The standard InChI is InChI=1S/C13H19BrN4O2/c1-8(19)6-15-12-13(18-11(14)7-16-12)17-9-2-4-10(20)5-3-9/h7,9-10,20H,2-6H2,1H3,(H,15,16)(H,17,18)/t9-,10-/i6+1,8+1. The normalized spacial score (nSPS) is 22.4. The van der Waals surface area contributed by atoms with Crippen LogP contribution in [-0.2, 0) is 4.79 Å². The van der Waals surface area contributed by atoms with E-state index < -0.39 is 0 Å². The Balaban J connectivity index is 2.04. The number of nitrogens with zero attached hydrogens (tertiary/aromatic N) is 2. The fourth-order valence-corrected chi connectivity index (χ4v) is 2.50. The van der Waals surface area contributed by atoms with Crippen LogP contribution in [0.3, 0.4) is 0 Å². The molecule has 3 N–H and O–H groups in total. The van der Waals surface area contributed by atoms with E-state index in [9.17, 15) is 9.90 Å². The van der Waals surface area contributed by atoms with Crippen molar-refractivity contribution in [3.63, 3.8) is 0 Å². The maximum absolute atomic E-state index is 11.1. The molecule has 7 heteroatoms. The van der Waals surface area contributed by atoms with Gasteiger partial charge >= 0.3 is 0 Å². The molecule has 0 amide bonds. The maximum Gasteiger partial charge on any atom is 0.170 e. The fourth-order valence-electron chi connectivity index (χ4n) is 2.22. The first-order chi connectivity index (χ1) is 9.54. The molecule has 0 saturated heterocycles. The van der Waals surface area contributed by atoms with Crippen LogP contribution in [0.15, 0.2) is 10.8 Å². The van der Waals surface area contributed by atoms with Crippen LogP contribution in [0.2, 0.25) is 0 Å². The zero-order chi connectivity index (χ0) is 14.5. The van der Waals surface area contributed by atoms with Crippen molar-refractivity contribution in [3.05, 3.63) is 10.8 Å². The minimum Gasteiger partial charge on any atom is -0.393 e. The molecule has 1 saturated carbocycles. The number of Topliss-reactive ketones (excluding diaryl/α,β-unsaturated/α-hetero) is 1. The second kappa shape index (κ2) is 6.99. The summed E-state index contributed by atoms with van der Waals surface area (Å²) in [5, 5.41) is 15.9. The van der Waals surface area contributed by atoms with E-state index in [-0.39, 0.29) is 24.5 Å². The summed E-state index contributed by atoms with van der Waals surface area (Å²) in [5.41, 5.74) is 0. The minimum atomic E-state index is -0.183. The second-order valence-electron chi connectivity index (χ2n) is 5.10. The molecule has 2 rings (SSSR count). The molecule has 110 valence electrons. The fraction of sp³-hybridized carbons (Fsp3) is 0.615. The van der Waals surface area contributed by atoms with E-state index in [0.29, 0.717) is 16.2 Å². The van der Waals surface area contributed by atoms with Gasteiger partial charge in [-0.15, -0.1) is 0 Å². The van der Waals surface area contributed by atoms with Crippen LogP contribution in [0.5, 0.6) is 0 Å². The lowest BCUT2D eigenvalue weighted by atomic mass is 9.93. The van der Waals surface area contributed by atoms with E-state index in [2.05, 4.69) is 36.5 Å². The number of hydrogen-bond donors (Lipinski definition) is 3. The summed E-state index contributed by atoms with van der Waals surface area (Å²) in [6.45, 7) is 1.75. The molecule has 1 aliphatic rings. The van der Waals surface area contributed by atoms with Gasteiger partial charge in [-0.2, -0.15) is 0 Å². The third-order valence-electron chi connectivity index (χ3n) is 3.29. The highest BCUT2D eigenvalue weighted by Gasteiger charge is 2.20. The van der Waals surface area contributed by atoms with Crippen LogP contribution >= 0.6 is 15.9 Å². The minimum absolute atomic E-state index is 0.0430. The highest BCUT2D eigenvalue weighted by Crippen LogP contribution is 2.25. The average molecular weight is 345 g/mol. The number of carbonyl (C=O) groups is 1. The molecule has 0 atom stereocenters. The van der Waals surface area contributed by atoms with Gasteiger partial charge in [0.05, 0.1) is 18.8 Å². The highest BCUT2D eigenvalue weighted by atomic mass is 79.9. The number of anilines is 2. The summed E-state index contributed by atoms with van der Waals surface area (Å²) in [5.74, 6) is 1.26. The predicted octanol–water partition coefficient (Wildman–Crippen LogP) is 1.96. The van der Waals surface area contributed by atoms with E-state index in [0.717, 1.165) is 25.7 Å². The molecular weight excluding hydrogens is 326 g/mol. The Kier molecular flexibility index (Phi) is 5.31. The number of aliphatic hydroxyl groups excluding tert-OH is 1. The summed E-state index contributed by atoms with van der Waals surface area (Å²) in [4.78, 5) is 19.7. The van der Waals surface area contributed by atoms with Crippen molar-refractivity contribution in [2.75, 3.05) is 17.2 Å². The molecule has 0 aromatic carbocycles. The SMILES string of the molecule is C[13C](=O)[13CH2]Nc1ncc(Br)nc1N[C@H]1CC[C@H](O)CC1. The van der Waals surface area contributed by atoms with E-state index in [1.807, 2.05) is 0 Å². The van der Waals surface area contributed by atoms with Crippen LogP contribution in [0, 0.1) is 0 Å². The molecule has 0 radical (unpaired) electrons.